The maximum Gasteiger partial charge on any atom is 0.285 e. The molecule has 144 valence electrons. The van der Waals surface area contributed by atoms with E-state index in [0.29, 0.717) is 10.5 Å². The molecule has 2 aromatic carbocycles. The van der Waals surface area contributed by atoms with Crippen molar-refractivity contribution in [2.45, 2.75) is 26.9 Å². The van der Waals surface area contributed by atoms with E-state index in [0.717, 1.165) is 33.6 Å². The number of thioether (sulfide) groups is 1. The molecule has 0 radical (unpaired) electrons. The summed E-state index contributed by atoms with van der Waals surface area (Å²) >= 11 is 6.41. The predicted octanol–water partition coefficient (Wildman–Crippen LogP) is 4.33. The smallest absolute Gasteiger partial charge is 0.285 e. The zero-order valence-corrected chi connectivity index (χ0v) is 17.4. The van der Waals surface area contributed by atoms with Gasteiger partial charge in [0.2, 0.25) is 0 Å². The van der Waals surface area contributed by atoms with E-state index in [9.17, 15) is 9.59 Å². The summed E-state index contributed by atoms with van der Waals surface area (Å²) in [6.45, 7) is 5.87. The molecule has 0 aliphatic carbocycles. The van der Waals surface area contributed by atoms with Crippen LogP contribution in [0.5, 0.6) is 5.75 Å². The lowest BCUT2D eigenvalue weighted by Gasteiger charge is -2.15. The topological polar surface area (TPSA) is 58.6 Å². The number of hydrazine groups is 1. The van der Waals surface area contributed by atoms with Gasteiger partial charge in [0.05, 0.1) is 11.0 Å². The largest absolute Gasteiger partial charge is 0.491 e. The van der Waals surface area contributed by atoms with Crippen LogP contribution in [0.15, 0.2) is 53.4 Å². The Morgan fingerprint density at radius 3 is 2.39 bits per heavy atom. The quantitative estimate of drug-likeness (QED) is 0.585. The van der Waals surface area contributed by atoms with Crippen molar-refractivity contribution in [1.82, 2.24) is 10.4 Å². The van der Waals surface area contributed by atoms with Crippen molar-refractivity contribution in [2.75, 3.05) is 0 Å². The number of benzene rings is 2. The minimum atomic E-state index is -0.382. The molecule has 0 unspecified atom stereocenters. The number of hydrogen-bond acceptors (Lipinski definition) is 5. The molecule has 0 bridgehead atoms. The van der Waals surface area contributed by atoms with Gasteiger partial charge in [0, 0.05) is 5.56 Å². The Morgan fingerprint density at radius 2 is 1.79 bits per heavy atom. The lowest BCUT2D eigenvalue weighted by atomic mass is 10.1. The lowest BCUT2D eigenvalue weighted by Crippen LogP contribution is -2.44. The number of aryl methyl sites for hydroxylation is 1. The van der Waals surface area contributed by atoms with Crippen LogP contribution in [0, 0.1) is 6.92 Å². The Kier molecular flexibility index (Phi) is 6.16. The highest BCUT2D eigenvalue weighted by molar-refractivity contribution is 8.26. The molecule has 2 amide bonds. The average molecular weight is 413 g/mol. The van der Waals surface area contributed by atoms with Crippen LogP contribution in [0.4, 0.5) is 0 Å². The molecule has 1 N–H and O–H groups in total. The van der Waals surface area contributed by atoms with Crippen molar-refractivity contribution in [3.05, 3.63) is 70.1 Å². The summed E-state index contributed by atoms with van der Waals surface area (Å²) in [7, 11) is 0. The second kappa shape index (κ2) is 8.58. The first-order chi connectivity index (χ1) is 13.3. The maximum absolute atomic E-state index is 12.7. The summed E-state index contributed by atoms with van der Waals surface area (Å²) in [5, 5.41) is 1.12. The van der Waals surface area contributed by atoms with Crippen LogP contribution in [0.2, 0.25) is 0 Å². The van der Waals surface area contributed by atoms with Crippen molar-refractivity contribution in [3.8, 4) is 5.75 Å². The Hall–Kier alpha value is -2.64. The van der Waals surface area contributed by atoms with Gasteiger partial charge in [0.15, 0.2) is 4.32 Å². The van der Waals surface area contributed by atoms with Crippen LogP contribution in [0.25, 0.3) is 6.08 Å². The van der Waals surface area contributed by atoms with Gasteiger partial charge in [-0.2, -0.15) is 5.01 Å². The van der Waals surface area contributed by atoms with Crippen molar-refractivity contribution in [2.24, 2.45) is 0 Å². The SMILES string of the molecule is Cc1ccc(C(=O)NN2C(=O)/C(=C/c3ccc(OC(C)C)cc3)SC2=S)cc1. The first kappa shape index (κ1) is 20.1. The molecule has 0 spiro atoms. The third-order valence-corrected chi connectivity index (χ3v) is 5.17. The molecule has 1 aliphatic rings. The number of rotatable bonds is 5. The van der Waals surface area contributed by atoms with Gasteiger partial charge < -0.3 is 4.74 Å². The van der Waals surface area contributed by atoms with E-state index < -0.39 is 0 Å². The summed E-state index contributed by atoms with van der Waals surface area (Å²) in [4.78, 5) is 25.5. The fourth-order valence-electron chi connectivity index (χ4n) is 2.50. The van der Waals surface area contributed by atoms with Gasteiger partial charge in [-0.05, 0) is 68.9 Å². The number of hydrogen-bond donors (Lipinski definition) is 1. The fraction of sp³-hybridized carbons (Fsp3) is 0.190. The summed E-state index contributed by atoms with van der Waals surface area (Å²) in [5.74, 6) is 0.0377. The Bertz CT molecular complexity index is 935. The predicted molar refractivity (Wildman–Crippen MR) is 116 cm³/mol. The van der Waals surface area contributed by atoms with Gasteiger partial charge in [0.1, 0.15) is 5.75 Å². The Balaban J connectivity index is 1.71. The molecule has 1 saturated heterocycles. The van der Waals surface area contributed by atoms with Crippen LogP contribution in [0.1, 0.15) is 35.3 Å². The van der Waals surface area contributed by atoms with E-state index in [1.54, 1.807) is 18.2 Å². The highest BCUT2D eigenvalue weighted by atomic mass is 32.2. The summed E-state index contributed by atoms with van der Waals surface area (Å²) in [6, 6.07) is 14.5. The van der Waals surface area contributed by atoms with Gasteiger partial charge in [-0.25, -0.2) is 0 Å². The van der Waals surface area contributed by atoms with E-state index >= 15 is 0 Å². The molecule has 2 aromatic rings. The van der Waals surface area contributed by atoms with Crippen LogP contribution < -0.4 is 10.2 Å². The van der Waals surface area contributed by atoms with Gasteiger partial charge in [-0.1, -0.05) is 41.6 Å². The van der Waals surface area contributed by atoms with Crippen LogP contribution >= 0.6 is 24.0 Å². The van der Waals surface area contributed by atoms with Gasteiger partial charge in [0.25, 0.3) is 11.8 Å². The zero-order chi connectivity index (χ0) is 20.3. The number of amides is 2. The first-order valence-electron chi connectivity index (χ1n) is 8.76. The summed E-state index contributed by atoms with van der Waals surface area (Å²) in [6.07, 6.45) is 1.84. The molecule has 1 aliphatic heterocycles. The third kappa shape index (κ3) is 4.79. The highest BCUT2D eigenvalue weighted by Gasteiger charge is 2.33. The number of ether oxygens (including phenoxy) is 1. The van der Waals surface area contributed by atoms with Crippen molar-refractivity contribution >= 4 is 46.2 Å². The molecule has 28 heavy (non-hydrogen) atoms. The standard InChI is InChI=1S/C21H20N2O3S2/c1-13(2)26-17-10-6-15(7-11-17)12-18-20(25)23(21(27)28-18)22-19(24)16-8-4-14(3)5-9-16/h4-13H,1-3H3,(H,22,24)/b18-12-. The Morgan fingerprint density at radius 1 is 1.14 bits per heavy atom. The molecule has 1 heterocycles. The Labute approximate surface area is 173 Å². The van der Waals surface area contributed by atoms with E-state index in [1.807, 2.05) is 57.2 Å². The normalized spacial score (nSPS) is 15.4. The molecule has 0 saturated carbocycles. The van der Waals surface area contributed by atoms with E-state index in [4.69, 9.17) is 17.0 Å². The monoisotopic (exact) mass is 412 g/mol. The maximum atomic E-state index is 12.7. The van der Waals surface area contributed by atoms with Crippen molar-refractivity contribution in [3.63, 3.8) is 0 Å². The second-order valence-electron chi connectivity index (χ2n) is 6.56. The third-order valence-electron chi connectivity index (χ3n) is 3.87. The number of carbonyl (C=O) groups is 2. The van der Waals surface area contributed by atoms with E-state index in [-0.39, 0.29) is 22.2 Å². The molecule has 0 aromatic heterocycles. The number of carbonyl (C=O) groups excluding carboxylic acids is 2. The van der Waals surface area contributed by atoms with Crippen LogP contribution in [-0.4, -0.2) is 27.2 Å². The number of thiocarbonyl (C=S) groups is 1. The minimum absolute atomic E-state index is 0.0965. The van der Waals surface area contributed by atoms with Gasteiger partial charge >= 0.3 is 0 Å². The van der Waals surface area contributed by atoms with Crippen LogP contribution in [0.3, 0.4) is 0 Å². The number of nitrogens with one attached hydrogen (secondary N) is 1. The van der Waals surface area contributed by atoms with Crippen LogP contribution in [-0.2, 0) is 4.79 Å². The molecule has 5 nitrogen and oxygen atoms in total. The molecule has 7 heteroatoms. The molecule has 1 fully saturated rings. The molecule has 0 atom stereocenters. The van der Waals surface area contributed by atoms with Gasteiger partial charge in [-0.3, -0.25) is 15.0 Å². The molecular formula is C21H20N2O3S2. The highest BCUT2D eigenvalue weighted by Crippen LogP contribution is 2.31. The first-order valence-corrected chi connectivity index (χ1v) is 9.98. The zero-order valence-electron chi connectivity index (χ0n) is 15.8. The summed E-state index contributed by atoms with van der Waals surface area (Å²) < 4.78 is 5.91. The summed E-state index contributed by atoms with van der Waals surface area (Å²) in [5.41, 5.74) is 4.94. The fourth-order valence-corrected chi connectivity index (χ4v) is 3.68. The second-order valence-corrected chi connectivity index (χ2v) is 8.24. The van der Waals surface area contributed by atoms with E-state index in [1.165, 1.54) is 0 Å². The number of nitrogens with zero attached hydrogens (tertiary/aromatic N) is 1. The van der Waals surface area contributed by atoms with Crippen molar-refractivity contribution < 1.29 is 14.3 Å². The molecule has 3 rings (SSSR count). The van der Waals surface area contributed by atoms with E-state index in [2.05, 4.69) is 5.43 Å². The average Bonchev–Trinajstić information content (AvgIpc) is 2.91. The minimum Gasteiger partial charge on any atom is -0.491 e. The van der Waals surface area contributed by atoms with Crippen molar-refractivity contribution in [1.29, 1.82) is 0 Å². The molecular weight excluding hydrogens is 392 g/mol. The van der Waals surface area contributed by atoms with Gasteiger partial charge in [-0.15, -0.1) is 0 Å². The lowest BCUT2D eigenvalue weighted by molar-refractivity contribution is -0.123.